The highest BCUT2D eigenvalue weighted by molar-refractivity contribution is 7.09. The van der Waals surface area contributed by atoms with Gasteiger partial charge in [-0.15, -0.1) is 11.3 Å². The lowest BCUT2D eigenvalue weighted by molar-refractivity contribution is -0.120. The maximum atomic E-state index is 11.5. The summed E-state index contributed by atoms with van der Waals surface area (Å²) in [6.07, 6.45) is 0.933. The van der Waals surface area contributed by atoms with Gasteiger partial charge in [0, 0.05) is 11.9 Å². The maximum Gasteiger partial charge on any atom is 0.239 e. The second kappa shape index (κ2) is 6.45. The van der Waals surface area contributed by atoms with E-state index in [2.05, 4.69) is 17.2 Å². The highest BCUT2D eigenvalue weighted by Gasteiger charge is 2.17. The van der Waals surface area contributed by atoms with Crippen LogP contribution in [0.2, 0.25) is 0 Å². The quantitative estimate of drug-likeness (QED) is 0.847. The second-order valence-corrected chi connectivity index (χ2v) is 5.16. The van der Waals surface area contributed by atoms with Crippen LogP contribution in [0.3, 0.4) is 0 Å². The largest absolute Gasteiger partial charge is 0.368 e. The number of aromatic nitrogens is 1. The molecule has 19 heavy (non-hydrogen) atoms. The fourth-order valence-corrected chi connectivity index (χ4v) is 2.57. The smallest absolute Gasteiger partial charge is 0.239 e. The number of aryl methyl sites for hydroxylation is 1. The standard InChI is InChI=1S/C14H17N3OS/c1-2-12-17-11(9-19-12)8-16-13(14(15)18)10-6-4-3-5-7-10/h3-7,9,13,16H,2,8H2,1H3,(H2,15,18). The molecule has 0 saturated heterocycles. The molecule has 0 spiro atoms. The third-order valence-electron chi connectivity index (χ3n) is 2.81. The first-order valence-electron chi connectivity index (χ1n) is 6.21. The van der Waals surface area contributed by atoms with Gasteiger partial charge in [-0.25, -0.2) is 4.98 Å². The van der Waals surface area contributed by atoms with Gasteiger partial charge in [-0.1, -0.05) is 37.3 Å². The normalized spacial score (nSPS) is 12.3. The van der Waals surface area contributed by atoms with Crippen LogP contribution in [0.5, 0.6) is 0 Å². The highest BCUT2D eigenvalue weighted by Crippen LogP contribution is 2.14. The Bertz CT molecular complexity index is 539. The zero-order chi connectivity index (χ0) is 13.7. The predicted octanol–water partition coefficient (Wildman–Crippen LogP) is 2.02. The van der Waals surface area contributed by atoms with Crippen molar-refractivity contribution in [3.8, 4) is 0 Å². The molecule has 1 heterocycles. The van der Waals surface area contributed by atoms with Crippen LogP contribution in [-0.4, -0.2) is 10.9 Å². The molecule has 1 atom stereocenters. The van der Waals surface area contributed by atoms with Crippen molar-refractivity contribution in [2.45, 2.75) is 25.9 Å². The number of hydrogen-bond donors (Lipinski definition) is 2. The number of amides is 1. The minimum absolute atomic E-state index is 0.378. The minimum Gasteiger partial charge on any atom is -0.368 e. The third-order valence-corrected chi connectivity index (χ3v) is 3.85. The molecule has 5 heteroatoms. The molecule has 0 aliphatic carbocycles. The van der Waals surface area contributed by atoms with Gasteiger partial charge in [0.25, 0.3) is 0 Å². The summed E-state index contributed by atoms with van der Waals surface area (Å²) in [6.45, 7) is 2.62. The van der Waals surface area contributed by atoms with Crippen LogP contribution in [0.25, 0.3) is 0 Å². The van der Waals surface area contributed by atoms with Crippen molar-refractivity contribution >= 4 is 17.2 Å². The molecular weight excluding hydrogens is 258 g/mol. The van der Waals surface area contributed by atoms with Crippen LogP contribution >= 0.6 is 11.3 Å². The van der Waals surface area contributed by atoms with Gasteiger partial charge in [-0.3, -0.25) is 10.1 Å². The number of carbonyl (C=O) groups excluding carboxylic acids is 1. The van der Waals surface area contributed by atoms with Gasteiger partial charge in [0.2, 0.25) is 5.91 Å². The van der Waals surface area contributed by atoms with E-state index in [4.69, 9.17) is 5.73 Å². The number of nitrogens with zero attached hydrogens (tertiary/aromatic N) is 1. The molecule has 0 bridgehead atoms. The molecule has 0 fully saturated rings. The first kappa shape index (κ1) is 13.7. The number of rotatable bonds is 6. The summed E-state index contributed by atoms with van der Waals surface area (Å²) in [5, 5.41) is 6.27. The Balaban J connectivity index is 2.04. The molecule has 4 nitrogen and oxygen atoms in total. The summed E-state index contributed by atoms with van der Waals surface area (Å²) in [5.74, 6) is -0.378. The monoisotopic (exact) mass is 275 g/mol. The summed E-state index contributed by atoms with van der Waals surface area (Å²) in [5.41, 5.74) is 7.27. The van der Waals surface area contributed by atoms with Gasteiger partial charge < -0.3 is 5.73 Å². The average molecular weight is 275 g/mol. The molecular formula is C14H17N3OS. The lowest BCUT2D eigenvalue weighted by Gasteiger charge is -2.14. The molecule has 100 valence electrons. The van der Waals surface area contributed by atoms with E-state index in [0.717, 1.165) is 22.7 Å². The summed E-state index contributed by atoms with van der Waals surface area (Å²) >= 11 is 1.64. The number of carbonyl (C=O) groups is 1. The van der Waals surface area contributed by atoms with Crippen molar-refractivity contribution in [1.82, 2.24) is 10.3 Å². The van der Waals surface area contributed by atoms with E-state index in [1.807, 2.05) is 35.7 Å². The SMILES string of the molecule is CCc1nc(CNC(C(N)=O)c2ccccc2)cs1. The van der Waals surface area contributed by atoms with Crippen molar-refractivity contribution in [1.29, 1.82) is 0 Å². The molecule has 0 saturated carbocycles. The predicted molar refractivity (Wildman–Crippen MR) is 76.7 cm³/mol. The van der Waals surface area contributed by atoms with E-state index in [0.29, 0.717) is 6.54 Å². The topological polar surface area (TPSA) is 68.0 Å². The fraction of sp³-hybridized carbons (Fsp3) is 0.286. The van der Waals surface area contributed by atoms with Crippen molar-refractivity contribution in [2.24, 2.45) is 5.73 Å². The first-order valence-corrected chi connectivity index (χ1v) is 7.09. The van der Waals surface area contributed by atoms with Crippen molar-refractivity contribution in [3.05, 3.63) is 52.0 Å². The van der Waals surface area contributed by atoms with E-state index in [1.54, 1.807) is 11.3 Å². The lowest BCUT2D eigenvalue weighted by atomic mass is 10.1. The van der Waals surface area contributed by atoms with Gasteiger partial charge in [0.1, 0.15) is 6.04 Å². The molecule has 3 N–H and O–H groups in total. The Kier molecular flexibility index (Phi) is 4.65. The number of hydrogen-bond acceptors (Lipinski definition) is 4. The van der Waals surface area contributed by atoms with Crippen LogP contribution in [0.1, 0.15) is 29.2 Å². The Morgan fingerprint density at radius 1 is 1.42 bits per heavy atom. The molecule has 1 aromatic carbocycles. The van der Waals surface area contributed by atoms with Crippen LogP contribution < -0.4 is 11.1 Å². The number of thiazole rings is 1. The number of nitrogens with one attached hydrogen (secondary N) is 1. The molecule has 1 amide bonds. The Hall–Kier alpha value is -1.72. The first-order chi connectivity index (χ1) is 9.20. The molecule has 2 aromatic rings. The molecule has 0 radical (unpaired) electrons. The van der Waals surface area contributed by atoms with Crippen molar-refractivity contribution in [2.75, 3.05) is 0 Å². The van der Waals surface area contributed by atoms with Gasteiger partial charge in [0.15, 0.2) is 0 Å². The number of benzene rings is 1. The minimum atomic E-state index is -0.479. The average Bonchev–Trinajstić information content (AvgIpc) is 2.88. The zero-order valence-corrected chi connectivity index (χ0v) is 11.6. The van der Waals surface area contributed by atoms with E-state index >= 15 is 0 Å². The summed E-state index contributed by atoms with van der Waals surface area (Å²) in [4.78, 5) is 16.0. The van der Waals surface area contributed by atoms with Crippen molar-refractivity contribution < 1.29 is 4.79 Å². The van der Waals surface area contributed by atoms with Crippen LogP contribution in [0.4, 0.5) is 0 Å². The summed E-state index contributed by atoms with van der Waals surface area (Å²) < 4.78 is 0. The van der Waals surface area contributed by atoms with Gasteiger partial charge in [-0.2, -0.15) is 0 Å². The molecule has 0 aliphatic heterocycles. The molecule has 2 rings (SSSR count). The van der Waals surface area contributed by atoms with Crippen LogP contribution in [0, 0.1) is 0 Å². The summed E-state index contributed by atoms with van der Waals surface area (Å²) in [7, 11) is 0. The molecule has 1 aromatic heterocycles. The Labute approximate surface area is 116 Å². The van der Waals surface area contributed by atoms with Gasteiger partial charge >= 0.3 is 0 Å². The van der Waals surface area contributed by atoms with Gasteiger partial charge in [0.05, 0.1) is 10.7 Å². The zero-order valence-electron chi connectivity index (χ0n) is 10.8. The fourth-order valence-electron chi connectivity index (χ4n) is 1.83. The van der Waals surface area contributed by atoms with E-state index in [9.17, 15) is 4.79 Å². The van der Waals surface area contributed by atoms with E-state index in [-0.39, 0.29) is 5.91 Å². The second-order valence-electron chi connectivity index (χ2n) is 4.21. The Morgan fingerprint density at radius 2 is 2.16 bits per heavy atom. The third kappa shape index (κ3) is 3.62. The molecule has 0 aliphatic rings. The summed E-state index contributed by atoms with van der Waals surface area (Å²) in [6, 6.07) is 9.00. The number of nitrogens with two attached hydrogens (primary N) is 1. The molecule has 1 unspecified atom stereocenters. The number of primary amides is 1. The van der Waals surface area contributed by atoms with Crippen molar-refractivity contribution in [3.63, 3.8) is 0 Å². The van der Waals surface area contributed by atoms with Gasteiger partial charge in [-0.05, 0) is 12.0 Å². The van der Waals surface area contributed by atoms with Crippen LogP contribution in [-0.2, 0) is 17.8 Å². The highest BCUT2D eigenvalue weighted by atomic mass is 32.1. The van der Waals surface area contributed by atoms with E-state index in [1.165, 1.54) is 0 Å². The lowest BCUT2D eigenvalue weighted by Crippen LogP contribution is -2.33. The Morgan fingerprint density at radius 3 is 2.74 bits per heavy atom. The maximum absolute atomic E-state index is 11.5. The van der Waals surface area contributed by atoms with E-state index < -0.39 is 6.04 Å². The van der Waals surface area contributed by atoms with Crippen LogP contribution in [0.15, 0.2) is 35.7 Å².